The lowest BCUT2D eigenvalue weighted by Crippen LogP contribution is -2.28. The summed E-state index contributed by atoms with van der Waals surface area (Å²) < 4.78 is 12.6. The highest BCUT2D eigenvalue weighted by molar-refractivity contribution is 9.10. The van der Waals surface area contributed by atoms with Crippen LogP contribution in [0.25, 0.3) is 21.9 Å². The molecule has 2 unspecified atom stereocenters. The van der Waals surface area contributed by atoms with Gasteiger partial charge in [0.05, 0.1) is 47.8 Å². The van der Waals surface area contributed by atoms with Gasteiger partial charge >= 0.3 is 0 Å². The summed E-state index contributed by atoms with van der Waals surface area (Å²) >= 11 is 109. The van der Waals surface area contributed by atoms with Crippen molar-refractivity contribution < 1.29 is 19.7 Å². The first-order chi connectivity index (χ1) is 64.9. The molecule has 1 aliphatic rings. The van der Waals surface area contributed by atoms with Crippen LogP contribution in [0.3, 0.4) is 0 Å². The number of thioether (sulfide) groups is 2. The molecule has 0 aliphatic carbocycles. The predicted molar refractivity (Wildman–Crippen MR) is 697 cm³/mol. The molecular weight excluding hydrogens is 2300 g/mol. The second-order valence-electron chi connectivity index (χ2n) is 29.9. The number of H-pyrrole nitrogens is 1. The van der Waals surface area contributed by atoms with Crippen molar-refractivity contribution in [1.82, 2.24) is 9.97 Å². The summed E-state index contributed by atoms with van der Waals surface area (Å²) in [5.74, 6) is 14.6. The highest BCUT2D eigenvalue weighted by Gasteiger charge is 2.13. The molecule has 0 spiro atoms. The zero-order chi connectivity index (χ0) is 102. The van der Waals surface area contributed by atoms with E-state index >= 15 is 0 Å². The highest BCUT2D eigenvalue weighted by Crippen LogP contribution is 2.33. The largest absolute Gasteiger partial charge is 0.390 e. The van der Waals surface area contributed by atoms with Gasteiger partial charge in [-0.3, -0.25) is 4.99 Å². The number of hydrogen-bond acceptors (Lipinski definition) is 29. The van der Waals surface area contributed by atoms with Crippen LogP contribution >= 0.6 is 343 Å². The molecule has 7 nitrogen and oxygen atoms in total. The number of unbranched alkanes of at least 4 members (excludes halogenated alkanes) is 20. The lowest BCUT2D eigenvalue weighted by Gasteiger charge is -2.11. The van der Waals surface area contributed by atoms with E-state index in [1.54, 1.807) is 12.1 Å². The lowest BCUT2D eigenvalue weighted by molar-refractivity contribution is 0.0504. The first kappa shape index (κ1) is 149. The molecule has 2 heterocycles. The lowest BCUT2D eigenvalue weighted by atomic mass is 10.1. The molecule has 0 amide bonds. The van der Waals surface area contributed by atoms with Gasteiger partial charge in [-0.1, -0.05) is 258 Å². The predicted octanol–water partition coefficient (Wildman–Crippen LogP) is 37.3. The minimum Gasteiger partial charge on any atom is -0.390 e. The number of fused-ring (bicyclic) bond motifs is 2. The Morgan fingerprint density at radius 3 is 1.10 bits per heavy atom. The van der Waals surface area contributed by atoms with E-state index in [-0.39, 0.29) is 18.9 Å². The fourth-order valence-corrected chi connectivity index (χ4v) is 18.9. The minimum atomic E-state index is -0.740. The number of aryl methyl sites for hydroxylation is 2. The molecule has 0 saturated carbocycles. The fourth-order valence-electron chi connectivity index (χ4n) is 10.4. The Kier molecular flexibility index (Phi) is 123. The molecule has 0 bridgehead atoms. The summed E-state index contributed by atoms with van der Waals surface area (Å²) in [4.78, 5) is 19.2. The number of aromatic amines is 1. The van der Waals surface area contributed by atoms with Crippen molar-refractivity contribution in [1.29, 1.82) is 0 Å². The van der Waals surface area contributed by atoms with E-state index in [4.69, 9.17) is 55.1 Å². The van der Waals surface area contributed by atoms with Gasteiger partial charge in [0.15, 0.2) is 4.77 Å². The monoisotopic (exact) mass is 2460 g/mol. The van der Waals surface area contributed by atoms with Crippen LogP contribution in [-0.2, 0) is 15.9 Å². The summed E-state index contributed by atoms with van der Waals surface area (Å²) in [5, 5.41) is 21.0. The zero-order valence-electron chi connectivity index (χ0n) is 80.5. The molecule has 0 fully saturated rings. The first-order valence-electron chi connectivity index (χ1n) is 46.4. The smallest absolute Gasteiger partial charge is 0.198 e. The van der Waals surface area contributed by atoms with Crippen LogP contribution in [0.15, 0.2) is 192 Å². The van der Waals surface area contributed by atoms with E-state index < -0.39 is 12.2 Å². The van der Waals surface area contributed by atoms with Crippen molar-refractivity contribution in [2.45, 2.75) is 292 Å². The van der Waals surface area contributed by atoms with Crippen molar-refractivity contribution in [3.63, 3.8) is 0 Å². The van der Waals surface area contributed by atoms with Crippen LogP contribution < -0.4 is 0 Å². The number of aliphatic hydroxyl groups is 2. The molecular formula is C102H167Br2Cl2N3O4S23. The summed E-state index contributed by atoms with van der Waals surface area (Å²) in [7, 11) is 0. The van der Waals surface area contributed by atoms with Crippen molar-refractivity contribution >= 4 is 366 Å². The van der Waals surface area contributed by atoms with Gasteiger partial charge in [0.25, 0.3) is 0 Å². The molecule has 3 N–H and O–H groups in total. The summed E-state index contributed by atoms with van der Waals surface area (Å²) in [6.07, 6.45) is 37.6. The molecule has 1 aromatic heterocycles. The summed E-state index contributed by atoms with van der Waals surface area (Å²) in [6.45, 7) is 18.0. The second-order valence-corrected chi connectivity index (χ2v) is 44.3. The van der Waals surface area contributed by atoms with Gasteiger partial charge in [0, 0.05) is 96.5 Å². The van der Waals surface area contributed by atoms with Gasteiger partial charge in [-0.25, -0.2) is 4.98 Å². The Morgan fingerprint density at radius 2 is 0.772 bits per heavy atom. The number of ether oxygens (including phenoxy) is 2. The fraction of sp³-hybridized carbons (Fsp3) is 0.559. The standard InChI is InChI=1S/C12H10S2.C11H24S.C10H8S2.C8H18S2.C7H7BrS.C7H16O2S.C7H16S4.C7H8S2.C7H16S.C6H4BrN3S.C6H4Cl2S2.C5H12S.C4H10O2S2.C4H10S.CH4/c13-11-5-1-9(2-6-11)10-3-7-12(14)8-4-10;1-2-3-4-5-6-7-8-9-10-11-12;11-9-5-1-3-7-8(9)4-2-6-10(7)12;9-7-5-3-1-2-4-6-8-10;1-5-2-6(8)4-7(9)3-5;1-2-3-8-4-5-9-6-7-10;8-2-6-10-4-1-5-11-7-3-9;1-5-2-3-6(8)7(9)4-5;1-2-3-4-5-6-7-8;7-5-4-3(1-2-8-4)9-6(11)10-5;7-3-1-2-4(8)6(10)5(3)9;1-2-3-4-5-6;5-3(1-7)4(6)2-8;1-2-3-4-5;/h1-8,13-14H;12H,2-11H2,1H3;1-6,11-12H;9-10H,1-8H2;2-4,9H,1H3;10H,2-7H2,1H3;8-9H,1-7H2;2-4,8-9H,1H3;8H,2-7H2,1H3;2H,1H2,(H,9,10,11);1-2,9-10H;6H,2-5H2,1H3;3-8H,1-2H2;5H,2-4H2,1H3;1H4. The first-order valence-corrected chi connectivity index (χ1v) is 62.5. The third kappa shape index (κ3) is 94.1. The maximum atomic E-state index is 8.75. The van der Waals surface area contributed by atoms with Crippen molar-refractivity contribution in [3.8, 4) is 11.1 Å². The molecule has 7 aromatic carbocycles. The molecule has 34 heteroatoms. The Morgan fingerprint density at radius 1 is 0.390 bits per heavy atom. The molecule has 8 aromatic rings. The number of hydrogen-bond donors (Lipinski definition) is 23. The maximum Gasteiger partial charge on any atom is 0.198 e. The van der Waals surface area contributed by atoms with E-state index in [0.29, 0.717) is 37.8 Å². The van der Waals surface area contributed by atoms with E-state index in [0.717, 1.165) is 143 Å². The third-order valence-corrected chi connectivity index (χ3v) is 29.6. The van der Waals surface area contributed by atoms with Gasteiger partial charge in [-0.2, -0.15) is 162 Å². The minimum absolute atomic E-state index is 0. The molecule has 1 aliphatic heterocycles. The summed E-state index contributed by atoms with van der Waals surface area (Å²) in [5.41, 5.74) is 6.77. The highest BCUT2D eigenvalue weighted by atomic mass is 79.9. The number of aromatic nitrogens is 2. The maximum absolute atomic E-state index is 8.75. The van der Waals surface area contributed by atoms with E-state index in [1.807, 2.05) is 122 Å². The number of halogens is 4. The number of aliphatic hydroxyl groups excluding tert-OH is 2. The van der Waals surface area contributed by atoms with Crippen LogP contribution in [0.1, 0.15) is 232 Å². The topological polar surface area (TPSA) is 100.0 Å². The number of nitrogens with one attached hydrogen (secondary N) is 1. The van der Waals surface area contributed by atoms with Crippen LogP contribution in [0.2, 0.25) is 10.0 Å². The normalized spacial score (nSPS) is 10.7. The molecule has 780 valence electrons. The van der Waals surface area contributed by atoms with Gasteiger partial charge in [-0.15, -0.1) is 114 Å². The second kappa shape index (κ2) is 112. The summed E-state index contributed by atoms with van der Waals surface area (Å²) in [6, 6.07) is 43.7. The quantitative estimate of drug-likeness (QED) is 0.00794. The number of benzene rings is 7. The number of thiol groups is 20. The molecule has 0 saturated heterocycles. The zero-order valence-corrected chi connectivity index (χ0v) is 105. The van der Waals surface area contributed by atoms with Crippen LogP contribution in [0, 0.1) is 18.6 Å². The molecule has 0 radical (unpaired) electrons. The average molecular weight is 2470 g/mol. The number of rotatable bonds is 45. The Bertz CT molecular complexity index is 3840. The van der Waals surface area contributed by atoms with E-state index in [9.17, 15) is 0 Å². The van der Waals surface area contributed by atoms with Gasteiger partial charge in [0.1, 0.15) is 10.3 Å². The molecule has 2 atom stereocenters. The average Bonchev–Trinajstić information content (AvgIpc) is 1.42. The number of aliphatic imine (C=N–C) groups is 1. The van der Waals surface area contributed by atoms with Gasteiger partial charge in [-0.05, 0) is 263 Å². The van der Waals surface area contributed by atoms with Crippen molar-refractivity contribution in [2.75, 3.05) is 113 Å². The van der Waals surface area contributed by atoms with Gasteiger partial charge < -0.3 is 24.7 Å². The van der Waals surface area contributed by atoms with E-state index in [1.165, 1.54) is 212 Å². The van der Waals surface area contributed by atoms with Crippen molar-refractivity contribution in [2.24, 2.45) is 4.99 Å². The van der Waals surface area contributed by atoms with Crippen LogP contribution in [0.5, 0.6) is 0 Å². The van der Waals surface area contributed by atoms with Crippen LogP contribution in [0.4, 0.5) is 5.69 Å². The van der Waals surface area contributed by atoms with Gasteiger partial charge in [0.2, 0.25) is 0 Å². The SMILES string of the molecule is C.CCCCCCCCCCCS.CCCCCCCS.CCCCCS.CCCCS.CCCOCCOCCS.Cc1cc(S)cc(Br)c1.Cc1ccc(S)c(S)c1.OC(CS)C(O)CS.S=c1nc(Br)c2c([nH]1)CC=N2.SCCCCCCCCS.SCCSCCCSCCS.Sc1c(Cl)ccc(Cl)c1S.Sc1ccc(-c2ccc(S)cc2)cc1.Sc1cccc2c(S)cccc12. The third-order valence-electron chi connectivity index (χ3n) is 17.8. The Labute approximate surface area is 978 Å². The Balaban J connectivity index is -0.000000336. The van der Waals surface area contributed by atoms with Crippen molar-refractivity contribution in [3.05, 3.63) is 174 Å². The number of nitrogens with zero attached hydrogens (tertiary/aromatic N) is 2. The molecule has 136 heavy (non-hydrogen) atoms. The molecule has 9 rings (SSSR count). The van der Waals surface area contributed by atoms with E-state index in [2.05, 4.69) is 376 Å². The Hall–Kier alpha value is 2.85. The van der Waals surface area contributed by atoms with Crippen LogP contribution in [-0.4, -0.2) is 151 Å².